The SMILES string of the molecule is O=C(NCCc1ccc(OC2OC(CO)C(O)C(O)C2O)c(OC2OC(CO)C(O)C(O)C2O)c1)C12CC3CC(C1)CC(c1ccc(Cl)cc1)(C3)C2. The van der Waals surface area contributed by atoms with Gasteiger partial charge in [0.1, 0.15) is 48.8 Å². The lowest BCUT2D eigenvalue weighted by molar-refractivity contribution is -0.282. The quantitative estimate of drug-likeness (QED) is 0.146. The van der Waals surface area contributed by atoms with Gasteiger partial charge in [-0.1, -0.05) is 29.8 Å². The molecule has 286 valence electrons. The van der Waals surface area contributed by atoms with E-state index in [1.807, 2.05) is 12.1 Å². The number of nitrogens with one attached hydrogen (secondary N) is 1. The third-order valence-electron chi connectivity index (χ3n) is 11.9. The van der Waals surface area contributed by atoms with Gasteiger partial charge in [-0.3, -0.25) is 4.79 Å². The van der Waals surface area contributed by atoms with E-state index >= 15 is 0 Å². The maximum Gasteiger partial charge on any atom is 0.229 e. The van der Waals surface area contributed by atoms with Crippen molar-refractivity contribution in [3.8, 4) is 11.5 Å². The summed E-state index contributed by atoms with van der Waals surface area (Å²) < 4.78 is 22.9. The molecule has 12 atom stereocenters. The molecule has 2 heterocycles. The summed E-state index contributed by atoms with van der Waals surface area (Å²) in [6.45, 7) is -1.05. The highest BCUT2D eigenvalue weighted by molar-refractivity contribution is 6.30. The van der Waals surface area contributed by atoms with Crippen molar-refractivity contribution < 1.29 is 64.6 Å². The molecule has 12 unspecified atom stereocenters. The third-order valence-corrected chi connectivity index (χ3v) is 12.1. The number of aliphatic hydroxyl groups is 8. The average Bonchev–Trinajstić information content (AvgIpc) is 3.12. The van der Waals surface area contributed by atoms with Gasteiger partial charge in [-0.2, -0.15) is 0 Å². The van der Waals surface area contributed by atoms with Gasteiger partial charge >= 0.3 is 0 Å². The molecule has 0 aromatic heterocycles. The predicted octanol–water partition coefficient (Wildman–Crippen LogP) is -0.106. The second-order valence-electron chi connectivity index (χ2n) is 15.4. The first kappa shape index (κ1) is 37.7. The number of aliphatic hydroxyl groups excluding tert-OH is 8. The Kier molecular flexibility index (Phi) is 10.8. The summed E-state index contributed by atoms with van der Waals surface area (Å²) in [7, 11) is 0. The van der Waals surface area contributed by atoms with Crippen LogP contribution in [0.25, 0.3) is 0 Å². The van der Waals surface area contributed by atoms with E-state index < -0.39 is 80.0 Å². The molecule has 8 rings (SSSR count). The highest BCUT2D eigenvalue weighted by Gasteiger charge is 2.61. The lowest BCUT2D eigenvalue weighted by atomic mass is 9.42. The monoisotopic (exact) mass is 749 g/mol. The number of rotatable bonds is 11. The first-order valence-corrected chi connectivity index (χ1v) is 18.3. The fraction of sp³-hybridized carbons (Fsp3) is 0.649. The van der Waals surface area contributed by atoms with Gasteiger partial charge in [0.05, 0.1) is 18.6 Å². The Balaban J connectivity index is 1.08. The number of hydrogen-bond acceptors (Lipinski definition) is 13. The van der Waals surface area contributed by atoms with E-state index in [-0.39, 0.29) is 22.8 Å². The molecule has 9 N–H and O–H groups in total. The van der Waals surface area contributed by atoms with E-state index in [1.165, 1.54) is 11.6 Å². The number of hydrogen-bond donors (Lipinski definition) is 9. The van der Waals surface area contributed by atoms with E-state index in [1.54, 1.807) is 12.1 Å². The van der Waals surface area contributed by atoms with Crippen molar-refractivity contribution >= 4 is 17.5 Å². The molecule has 6 fully saturated rings. The van der Waals surface area contributed by atoms with Crippen LogP contribution in [0, 0.1) is 17.3 Å². The molecule has 4 saturated carbocycles. The molecule has 14 nitrogen and oxygen atoms in total. The first-order chi connectivity index (χ1) is 24.8. The van der Waals surface area contributed by atoms with Crippen molar-refractivity contribution in [2.45, 2.75) is 112 Å². The van der Waals surface area contributed by atoms with Crippen LogP contribution < -0.4 is 14.8 Å². The smallest absolute Gasteiger partial charge is 0.229 e. The van der Waals surface area contributed by atoms with E-state index in [9.17, 15) is 45.6 Å². The van der Waals surface area contributed by atoms with Gasteiger partial charge in [0.2, 0.25) is 18.5 Å². The van der Waals surface area contributed by atoms with Crippen molar-refractivity contribution in [1.29, 1.82) is 0 Å². The zero-order valence-electron chi connectivity index (χ0n) is 28.5. The highest BCUT2D eigenvalue weighted by Crippen LogP contribution is 2.65. The summed E-state index contributed by atoms with van der Waals surface area (Å²) in [5, 5.41) is 85.5. The summed E-state index contributed by atoms with van der Waals surface area (Å²) in [5.41, 5.74) is 1.43. The second kappa shape index (κ2) is 14.9. The van der Waals surface area contributed by atoms with E-state index in [4.69, 9.17) is 30.5 Å². The molecule has 1 amide bonds. The van der Waals surface area contributed by atoms with Gasteiger partial charge in [-0.05, 0) is 97.6 Å². The number of carbonyl (C=O) groups is 1. The lowest BCUT2D eigenvalue weighted by Crippen LogP contribution is -2.60. The molecule has 4 aliphatic carbocycles. The molecule has 6 aliphatic rings. The molecular formula is C37H48ClNO13. The van der Waals surface area contributed by atoms with Crippen LogP contribution in [0.15, 0.2) is 42.5 Å². The molecular weight excluding hydrogens is 702 g/mol. The molecule has 0 spiro atoms. The maximum absolute atomic E-state index is 14.0. The largest absolute Gasteiger partial charge is 0.458 e. The Labute approximate surface area is 305 Å². The lowest BCUT2D eigenvalue weighted by Gasteiger charge is -2.61. The van der Waals surface area contributed by atoms with Crippen molar-refractivity contribution in [1.82, 2.24) is 5.32 Å². The molecule has 2 saturated heterocycles. The zero-order valence-corrected chi connectivity index (χ0v) is 29.3. The number of amides is 1. The van der Waals surface area contributed by atoms with Crippen LogP contribution in [-0.2, 0) is 26.1 Å². The van der Waals surface area contributed by atoms with Crippen LogP contribution in [0.3, 0.4) is 0 Å². The van der Waals surface area contributed by atoms with Crippen LogP contribution in [0.5, 0.6) is 11.5 Å². The number of benzene rings is 2. The highest BCUT2D eigenvalue weighted by atomic mass is 35.5. The van der Waals surface area contributed by atoms with Crippen molar-refractivity contribution in [2.24, 2.45) is 17.3 Å². The summed E-state index contributed by atoms with van der Waals surface area (Å²) in [6.07, 6.45) is -9.54. The van der Waals surface area contributed by atoms with Crippen molar-refractivity contribution in [3.63, 3.8) is 0 Å². The summed E-state index contributed by atoms with van der Waals surface area (Å²) >= 11 is 6.21. The number of halogens is 1. The molecule has 4 bridgehead atoms. The van der Waals surface area contributed by atoms with Crippen LogP contribution in [0.1, 0.15) is 49.7 Å². The van der Waals surface area contributed by atoms with Gasteiger partial charge in [0.25, 0.3) is 0 Å². The Bertz CT molecular complexity index is 1560. The van der Waals surface area contributed by atoms with E-state index in [0.717, 1.165) is 38.5 Å². The van der Waals surface area contributed by atoms with Crippen LogP contribution in [-0.4, -0.2) is 128 Å². The minimum Gasteiger partial charge on any atom is -0.458 e. The second-order valence-corrected chi connectivity index (χ2v) is 15.9. The van der Waals surface area contributed by atoms with Gasteiger partial charge in [-0.15, -0.1) is 0 Å². The third kappa shape index (κ3) is 7.04. The van der Waals surface area contributed by atoms with Gasteiger partial charge in [0.15, 0.2) is 11.5 Å². The normalized spacial score (nSPS) is 41.1. The van der Waals surface area contributed by atoms with Crippen molar-refractivity contribution in [3.05, 3.63) is 58.6 Å². The zero-order chi connectivity index (χ0) is 36.9. The molecule has 2 aromatic rings. The Hall–Kier alpha value is -2.60. The molecule has 15 heteroatoms. The first-order valence-electron chi connectivity index (χ1n) is 18.0. The van der Waals surface area contributed by atoms with Gasteiger partial charge in [0, 0.05) is 11.6 Å². The number of ether oxygens (including phenoxy) is 4. The van der Waals surface area contributed by atoms with E-state index in [2.05, 4.69) is 17.4 Å². The molecule has 52 heavy (non-hydrogen) atoms. The minimum atomic E-state index is -1.74. The summed E-state index contributed by atoms with van der Waals surface area (Å²) in [6, 6.07) is 12.8. The van der Waals surface area contributed by atoms with Crippen molar-refractivity contribution in [2.75, 3.05) is 19.8 Å². The average molecular weight is 750 g/mol. The van der Waals surface area contributed by atoms with Gasteiger partial charge in [-0.25, -0.2) is 0 Å². The standard InChI is InChI=1S/C37H48ClNO13/c38-22-4-2-21(3-5-22)36-11-19-9-20(12-36)14-37(13-19,17-36)35(48)39-8-7-18-1-6-23(49-33-31(46)29(44)27(42)25(15-40)51-33)24(10-18)50-34-32(47)30(45)28(43)26(16-41)52-34/h1-6,10,19-20,25-34,40-47H,7-9,11-17H2,(H,39,48). The predicted molar refractivity (Wildman–Crippen MR) is 182 cm³/mol. The van der Waals surface area contributed by atoms with Crippen LogP contribution >= 0.6 is 11.6 Å². The Morgan fingerprint density at radius 2 is 1.31 bits per heavy atom. The Morgan fingerprint density at radius 3 is 1.87 bits per heavy atom. The van der Waals surface area contributed by atoms with E-state index in [0.29, 0.717) is 35.4 Å². The maximum atomic E-state index is 14.0. The fourth-order valence-corrected chi connectivity index (χ4v) is 9.78. The fourth-order valence-electron chi connectivity index (χ4n) is 9.65. The Morgan fingerprint density at radius 1 is 0.750 bits per heavy atom. The van der Waals surface area contributed by atoms with Crippen LogP contribution in [0.2, 0.25) is 5.02 Å². The van der Waals surface area contributed by atoms with Crippen LogP contribution in [0.4, 0.5) is 0 Å². The summed E-state index contributed by atoms with van der Waals surface area (Å²) in [5.74, 6) is 0.897. The molecule has 0 radical (unpaired) electrons. The number of carbonyl (C=O) groups excluding carboxylic acids is 1. The topological polar surface area (TPSA) is 228 Å². The molecule has 2 aromatic carbocycles. The van der Waals surface area contributed by atoms with Gasteiger partial charge < -0.3 is 65.1 Å². The summed E-state index contributed by atoms with van der Waals surface area (Å²) in [4.78, 5) is 14.0. The minimum absolute atomic E-state index is 0.0419. The molecule has 2 aliphatic heterocycles.